The minimum Gasteiger partial charge on any atom is -0.347 e. The Kier molecular flexibility index (Phi) is 6.09. The molecule has 1 aromatic carbocycles. The lowest BCUT2D eigenvalue weighted by Crippen LogP contribution is -2.30. The Morgan fingerprint density at radius 3 is 2.42 bits per heavy atom. The van der Waals surface area contributed by atoms with Crippen LogP contribution in [0, 0.1) is 6.92 Å². The van der Waals surface area contributed by atoms with Crippen LogP contribution in [0.3, 0.4) is 0 Å². The fourth-order valence-corrected chi connectivity index (χ4v) is 2.85. The average molecular weight is 345 g/mol. The third-order valence-corrected chi connectivity index (χ3v) is 4.33. The molecule has 0 aliphatic rings. The van der Waals surface area contributed by atoms with Gasteiger partial charge in [-0.3, -0.25) is 14.8 Å². The summed E-state index contributed by atoms with van der Waals surface area (Å²) < 4.78 is 0. The number of nitrogens with one attached hydrogen (secondary N) is 1. The number of carbonyl (C=O) groups excluding carboxylic acids is 1. The summed E-state index contributed by atoms with van der Waals surface area (Å²) in [5.74, 6) is 0.0320. The van der Waals surface area contributed by atoms with E-state index in [4.69, 9.17) is 0 Å². The lowest BCUT2D eigenvalue weighted by atomic mass is 10.0. The van der Waals surface area contributed by atoms with E-state index < -0.39 is 0 Å². The Bertz CT molecular complexity index is 817. The monoisotopic (exact) mass is 345 g/mol. The zero-order valence-corrected chi connectivity index (χ0v) is 14.9. The third-order valence-electron chi connectivity index (χ3n) is 4.33. The van der Waals surface area contributed by atoms with E-state index >= 15 is 0 Å². The zero-order valence-electron chi connectivity index (χ0n) is 14.9. The molecule has 2 aromatic heterocycles. The van der Waals surface area contributed by atoms with Crippen molar-refractivity contribution in [2.45, 2.75) is 32.2 Å². The number of amides is 1. The maximum absolute atomic E-state index is 12.5. The Morgan fingerprint density at radius 1 is 0.962 bits per heavy atom. The summed E-state index contributed by atoms with van der Waals surface area (Å²) in [7, 11) is 0. The van der Waals surface area contributed by atoms with Gasteiger partial charge in [-0.25, -0.2) is 0 Å². The van der Waals surface area contributed by atoms with E-state index in [1.807, 2.05) is 30.3 Å². The third kappa shape index (κ3) is 5.24. The molecule has 1 N–H and O–H groups in total. The number of rotatable bonds is 7. The van der Waals surface area contributed by atoms with Crippen LogP contribution < -0.4 is 5.32 Å². The van der Waals surface area contributed by atoms with Crippen molar-refractivity contribution in [3.8, 4) is 0 Å². The summed E-state index contributed by atoms with van der Waals surface area (Å²) in [5, 5.41) is 3.15. The van der Waals surface area contributed by atoms with Crippen LogP contribution in [0.5, 0.6) is 0 Å². The van der Waals surface area contributed by atoms with Crippen molar-refractivity contribution in [1.29, 1.82) is 0 Å². The number of nitrogens with zero attached hydrogens (tertiary/aromatic N) is 2. The van der Waals surface area contributed by atoms with E-state index in [-0.39, 0.29) is 11.9 Å². The van der Waals surface area contributed by atoms with Gasteiger partial charge < -0.3 is 5.32 Å². The first-order valence-corrected chi connectivity index (χ1v) is 8.85. The Morgan fingerprint density at radius 2 is 1.73 bits per heavy atom. The Balaban J connectivity index is 1.67. The molecular formula is C22H23N3O. The van der Waals surface area contributed by atoms with Crippen molar-refractivity contribution in [1.82, 2.24) is 15.3 Å². The molecule has 0 aliphatic heterocycles. The maximum atomic E-state index is 12.5. The van der Waals surface area contributed by atoms with Gasteiger partial charge in [0.15, 0.2) is 0 Å². The van der Waals surface area contributed by atoms with Crippen molar-refractivity contribution in [2.24, 2.45) is 0 Å². The summed E-state index contributed by atoms with van der Waals surface area (Å²) in [5.41, 5.74) is 4.40. The van der Waals surface area contributed by atoms with Crippen LogP contribution in [0.15, 0.2) is 73.2 Å². The van der Waals surface area contributed by atoms with E-state index in [2.05, 4.69) is 46.5 Å². The minimum atomic E-state index is -0.135. The molecule has 2 heterocycles. The zero-order chi connectivity index (χ0) is 18.2. The number of hydrogen-bond donors (Lipinski definition) is 1. The first-order chi connectivity index (χ1) is 12.7. The molecule has 0 unspecified atom stereocenters. The summed E-state index contributed by atoms with van der Waals surface area (Å²) in [4.78, 5) is 20.9. The molecule has 26 heavy (non-hydrogen) atoms. The molecule has 4 heteroatoms. The number of carbonyl (C=O) groups is 1. The number of hydrogen-bond acceptors (Lipinski definition) is 3. The molecule has 132 valence electrons. The van der Waals surface area contributed by atoms with Gasteiger partial charge in [0, 0.05) is 25.0 Å². The van der Waals surface area contributed by atoms with Gasteiger partial charge in [-0.2, -0.15) is 0 Å². The molecule has 0 radical (unpaired) electrons. The molecular weight excluding hydrogens is 322 g/mol. The molecule has 1 amide bonds. The molecule has 3 rings (SSSR count). The van der Waals surface area contributed by atoms with Gasteiger partial charge in [0.25, 0.3) is 0 Å². The van der Waals surface area contributed by atoms with Crippen LogP contribution in [0.4, 0.5) is 0 Å². The highest BCUT2D eigenvalue weighted by molar-refractivity contribution is 5.76. The second-order valence-electron chi connectivity index (χ2n) is 6.42. The summed E-state index contributed by atoms with van der Waals surface area (Å²) >= 11 is 0. The van der Waals surface area contributed by atoms with Gasteiger partial charge in [0.05, 0.1) is 11.7 Å². The van der Waals surface area contributed by atoms with Gasteiger partial charge in [-0.1, -0.05) is 35.9 Å². The normalized spacial score (nSPS) is 11.7. The molecule has 0 aliphatic carbocycles. The number of benzene rings is 1. The topological polar surface area (TPSA) is 54.9 Å². The smallest absolute Gasteiger partial charge is 0.220 e. The van der Waals surface area contributed by atoms with Crippen molar-refractivity contribution < 1.29 is 4.79 Å². The molecule has 0 saturated carbocycles. The highest BCUT2D eigenvalue weighted by Crippen LogP contribution is 2.17. The van der Waals surface area contributed by atoms with Crippen LogP contribution in [0.2, 0.25) is 0 Å². The molecule has 4 nitrogen and oxygen atoms in total. The van der Waals surface area contributed by atoms with E-state index in [1.165, 1.54) is 11.1 Å². The Labute approximate surface area is 154 Å². The fraction of sp³-hybridized carbons (Fsp3) is 0.227. The quantitative estimate of drug-likeness (QED) is 0.708. The summed E-state index contributed by atoms with van der Waals surface area (Å²) in [6.07, 6.45) is 7.14. The van der Waals surface area contributed by atoms with Crippen LogP contribution in [-0.2, 0) is 17.6 Å². The van der Waals surface area contributed by atoms with E-state index in [1.54, 1.807) is 18.6 Å². The second-order valence-corrected chi connectivity index (χ2v) is 6.42. The standard InChI is InChI=1S/C22H23N3O/c1-17-5-7-19(8-6-17)16-21(20-4-2-3-13-24-20)25-22(26)10-9-18-11-14-23-15-12-18/h2-8,11-15,21H,9-10,16H2,1H3,(H,25,26)/t21-/m1/s1. The predicted octanol–water partition coefficient (Wildman–Crippen LogP) is 3.82. The maximum Gasteiger partial charge on any atom is 0.220 e. The van der Waals surface area contributed by atoms with E-state index in [0.717, 1.165) is 17.7 Å². The van der Waals surface area contributed by atoms with Gasteiger partial charge in [0.2, 0.25) is 5.91 Å². The lowest BCUT2D eigenvalue weighted by Gasteiger charge is -2.19. The second kappa shape index (κ2) is 8.90. The summed E-state index contributed by atoms with van der Waals surface area (Å²) in [6.45, 7) is 2.07. The Hall–Kier alpha value is -3.01. The number of aryl methyl sites for hydroxylation is 2. The summed E-state index contributed by atoms with van der Waals surface area (Å²) in [6, 6.07) is 17.9. The van der Waals surface area contributed by atoms with Crippen molar-refractivity contribution in [3.63, 3.8) is 0 Å². The first-order valence-electron chi connectivity index (χ1n) is 8.85. The van der Waals surface area contributed by atoms with Crippen LogP contribution in [-0.4, -0.2) is 15.9 Å². The van der Waals surface area contributed by atoms with Crippen LogP contribution in [0.1, 0.15) is 34.8 Å². The van der Waals surface area contributed by atoms with Gasteiger partial charge in [-0.05, 0) is 55.2 Å². The van der Waals surface area contributed by atoms with Gasteiger partial charge >= 0.3 is 0 Å². The van der Waals surface area contributed by atoms with Crippen molar-refractivity contribution >= 4 is 5.91 Å². The highest BCUT2D eigenvalue weighted by atomic mass is 16.1. The average Bonchev–Trinajstić information content (AvgIpc) is 2.69. The number of pyridine rings is 2. The molecule has 0 fully saturated rings. The van der Waals surface area contributed by atoms with E-state index in [9.17, 15) is 4.79 Å². The van der Waals surface area contributed by atoms with Gasteiger partial charge in [0.1, 0.15) is 0 Å². The molecule has 0 bridgehead atoms. The van der Waals surface area contributed by atoms with Crippen LogP contribution >= 0.6 is 0 Å². The highest BCUT2D eigenvalue weighted by Gasteiger charge is 2.16. The number of aromatic nitrogens is 2. The largest absolute Gasteiger partial charge is 0.347 e. The SMILES string of the molecule is Cc1ccc(C[C@@H](NC(=O)CCc2ccncc2)c2ccccn2)cc1. The fourth-order valence-electron chi connectivity index (χ4n) is 2.85. The lowest BCUT2D eigenvalue weighted by molar-refractivity contribution is -0.121. The molecule has 0 spiro atoms. The van der Waals surface area contributed by atoms with Gasteiger partial charge in [-0.15, -0.1) is 0 Å². The predicted molar refractivity (Wildman–Crippen MR) is 103 cm³/mol. The molecule has 0 saturated heterocycles. The van der Waals surface area contributed by atoms with Crippen molar-refractivity contribution in [2.75, 3.05) is 0 Å². The molecule has 3 aromatic rings. The van der Waals surface area contributed by atoms with Crippen LogP contribution in [0.25, 0.3) is 0 Å². The first kappa shape index (κ1) is 17.8. The van der Waals surface area contributed by atoms with Crippen molar-refractivity contribution in [3.05, 3.63) is 95.6 Å². The molecule has 1 atom stereocenters. The minimum absolute atomic E-state index is 0.0320. The van der Waals surface area contributed by atoms with E-state index in [0.29, 0.717) is 12.8 Å².